The summed E-state index contributed by atoms with van der Waals surface area (Å²) in [5.74, 6) is -0.700. The van der Waals surface area contributed by atoms with Crippen LogP contribution in [0.15, 0.2) is 36.4 Å². The maximum absolute atomic E-state index is 12.7. The maximum Gasteiger partial charge on any atom is 0.337 e. The molecule has 1 saturated heterocycles. The number of rotatable bonds is 5. The third kappa shape index (κ3) is 5.64. The number of methoxy groups -OCH3 is 1. The Morgan fingerprint density at radius 1 is 1.07 bits per heavy atom. The number of amides is 1. The number of ether oxygens (including phenoxy) is 1. The van der Waals surface area contributed by atoms with Crippen molar-refractivity contribution in [2.45, 2.75) is 19.4 Å². The fourth-order valence-corrected chi connectivity index (χ4v) is 3.98. The Morgan fingerprint density at radius 2 is 1.79 bits per heavy atom. The van der Waals surface area contributed by atoms with Gasteiger partial charge in [-0.25, -0.2) is 4.79 Å². The van der Waals surface area contributed by atoms with Gasteiger partial charge in [0.2, 0.25) is 5.91 Å². The van der Waals surface area contributed by atoms with Crippen LogP contribution < -0.4 is 5.32 Å². The first-order valence-corrected chi connectivity index (χ1v) is 10.4. The summed E-state index contributed by atoms with van der Waals surface area (Å²) in [5, 5.41) is 4.49. The van der Waals surface area contributed by atoms with E-state index in [4.69, 9.17) is 39.5 Å². The summed E-state index contributed by atoms with van der Waals surface area (Å²) in [6.45, 7) is 2.29. The van der Waals surface area contributed by atoms with Gasteiger partial charge in [-0.3, -0.25) is 9.69 Å². The predicted molar refractivity (Wildman–Crippen MR) is 116 cm³/mol. The van der Waals surface area contributed by atoms with Crippen molar-refractivity contribution in [2.24, 2.45) is 5.92 Å². The molecule has 1 aliphatic heterocycles. The van der Waals surface area contributed by atoms with Crippen LogP contribution in [0.1, 0.15) is 28.8 Å². The molecule has 0 unspecified atom stereocenters. The summed E-state index contributed by atoms with van der Waals surface area (Å²) in [6, 6.07) is 10.2. The van der Waals surface area contributed by atoms with Crippen LogP contribution in [0.25, 0.3) is 0 Å². The largest absolute Gasteiger partial charge is 0.465 e. The lowest BCUT2D eigenvalue weighted by Gasteiger charge is -2.31. The molecule has 1 amide bonds. The highest BCUT2D eigenvalue weighted by Crippen LogP contribution is 2.27. The van der Waals surface area contributed by atoms with Crippen LogP contribution in [-0.2, 0) is 16.1 Å². The Labute approximate surface area is 184 Å². The van der Waals surface area contributed by atoms with Gasteiger partial charge in [0.1, 0.15) is 0 Å². The first-order chi connectivity index (χ1) is 13.9. The van der Waals surface area contributed by atoms with Crippen molar-refractivity contribution >= 4 is 52.4 Å². The van der Waals surface area contributed by atoms with E-state index in [2.05, 4.69) is 10.2 Å². The first-order valence-electron chi connectivity index (χ1n) is 9.22. The molecule has 0 saturated carbocycles. The van der Waals surface area contributed by atoms with Crippen LogP contribution in [0.5, 0.6) is 0 Å². The lowest BCUT2D eigenvalue weighted by Crippen LogP contribution is -2.37. The highest BCUT2D eigenvalue weighted by molar-refractivity contribution is 6.35. The highest BCUT2D eigenvalue weighted by Gasteiger charge is 2.26. The number of benzene rings is 2. The zero-order valence-corrected chi connectivity index (χ0v) is 18.2. The zero-order chi connectivity index (χ0) is 21.0. The van der Waals surface area contributed by atoms with Crippen LogP contribution in [0.3, 0.4) is 0 Å². The number of nitrogens with zero attached hydrogens (tertiary/aromatic N) is 1. The minimum atomic E-state index is -0.480. The first kappa shape index (κ1) is 21.9. The van der Waals surface area contributed by atoms with E-state index >= 15 is 0 Å². The fourth-order valence-electron chi connectivity index (χ4n) is 3.34. The summed E-state index contributed by atoms with van der Waals surface area (Å²) in [6.07, 6.45) is 1.46. The molecular weight excluding hydrogens is 435 g/mol. The maximum atomic E-state index is 12.7. The van der Waals surface area contributed by atoms with Gasteiger partial charge < -0.3 is 10.1 Å². The Hall–Kier alpha value is -1.79. The molecule has 154 valence electrons. The van der Waals surface area contributed by atoms with Crippen LogP contribution >= 0.6 is 34.8 Å². The number of hydrogen-bond donors (Lipinski definition) is 1. The third-order valence-electron chi connectivity index (χ3n) is 5.01. The van der Waals surface area contributed by atoms with E-state index in [-0.39, 0.29) is 11.8 Å². The average molecular weight is 456 g/mol. The Balaban J connectivity index is 1.57. The lowest BCUT2D eigenvalue weighted by atomic mass is 9.95. The zero-order valence-electron chi connectivity index (χ0n) is 15.9. The Kier molecular flexibility index (Phi) is 7.41. The fraction of sp³-hybridized carbons (Fsp3) is 0.333. The van der Waals surface area contributed by atoms with Gasteiger partial charge in [-0.05, 0) is 61.8 Å². The van der Waals surface area contributed by atoms with Crippen LogP contribution in [-0.4, -0.2) is 37.0 Å². The van der Waals surface area contributed by atoms with Crippen molar-refractivity contribution in [3.8, 4) is 0 Å². The van der Waals surface area contributed by atoms with Gasteiger partial charge in [0.05, 0.1) is 23.4 Å². The van der Waals surface area contributed by atoms with Gasteiger partial charge in [-0.2, -0.15) is 0 Å². The SMILES string of the molecule is COC(=O)c1ccc(Cl)c(NC(=O)C2CCN(Cc3ccc(Cl)cc3Cl)CC2)c1. The van der Waals surface area contributed by atoms with E-state index in [0.29, 0.717) is 26.3 Å². The topological polar surface area (TPSA) is 58.6 Å². The molecular formula is C21H21Cl3N2O3. The molecule has 0 aliphatic carbocycles. The van der Waals surface area contributed by atoms with Crippen molar-refractivity contribution in [3.05, 3.63) is 62.6 Å². The molecule has 0 aromatic heterocycles. The van der Waals surface area contributed by atoms with E-state index < -0.39 is 5.97 Å². The second kappa shape index (κ2) is 9.81. The van der Waals surface area contributed by atoms with Crippen molar-refractivity contribution in [3.63, 3.8) is 0 Å². The van der Waals surface area contributed by atoms with Gasteiger partial charge in [0, 0.05) is 22.5 Å². The van der Waals surface area contributed by atoms with Crippen LogP contribution in [0.4, 0.5) is 5.69 Å². The Bertz CT molecular complexity index is 912. The second-order valence-corrected chi connectivity index (χ2v) is 8.21. The number of likely N-dealkylation sites (tertiary alicyclic amines) is 1. The van der Waals surface area contributed by atoms with E-state index in [1.165, 1.54) is 13.2 Å². The minimum Gasteiger partial charge on any atom is -0.465 e. The monoisotopic (exact) mass is 454 g/mol. The molecule has 2 aromatic carbocycles. The highest BCUT2D eigenvalue weighted by atomic mass is 35.5. The number of carbonyl (C=O) groups excluding carboxylic acids is 2. The molecule has 29 heavy (non-hydrogen) atoms. The molecule has 3 rings (SSSR count). The summed E-state index contributed by atoms with van der Waals surface area (Å²) in [4.78, 5) is 26.6. The van der Waals surface area contributed by atoms with Crippen molar-refractivity contribution in [1.82, 2.24) is 4.90 Å². The van der Waals surface area contributed by atoms with Gasteiger partial charge >= 0.3 is 5.97 Å². The number of piperidine rings is 1. The number of esters is 1. The standard InChI is InChI=1S/C21H21Cl3N2O3/c1-29-21(28)14-3-5-17(23)19(10-14)25-20(27)13-6-8-26(9-7-13)12-15-2-4-16(22)11-18(15)24/h2-5,10-11,13H,6-9,12H2,1H3,(H,25,27). The summed E-state index contributed by atoms with van der Waals surface area (Å²) < 4.78 is 4.71. The molecule has 5 nitrogen and oxygen atoms in total. The predicted octanol–water partition coefficient (Wildman–Crippen LogP) is 5.28. The lowest BCUT2D eigenvalue weighted by molar-refractivity contribution is -0.121. The molecule has 1 heterocycles. The molecule has 0 bridgehead atoms. The van der Waals surface area contributed by atoms with Gasteiger partial charge in [-0.15, -0.1) is 0 Å². The molecule has 0 spiro atoms. The normalized spacial score (nSPS) is 15.2. The summed E-state index contributed by atoms with van der Waals surface area (Å²) in [5.41, 5.74) is 1.77. The van der Waals surface area contributed by atoms with Crippen molar-refractivity contribution < 1.29 is 14.3 Å². The number of carbonyl (C=O) groups is 2. The molecule has 1 aliphatic rings. The van der Waals surface area contributed by atoms with E-state index in [9.17, 15) is 9.59 Å². The van der Waals surface area contributed by atoms with Gasteiger partial charge in [0.25, 0.3) is 0 Å². The number of halogens is 3. The van der Waals surface area contributed by atoms with Gasteiger partial charge in [-0.1, -0.05) is 40.9 Å². The molecule has 0 atom stereocenters. The van der Waals surface area contributed by atoms with Gasteiger partial charge in [0.15, 0.2) is 0 Å². The van der Waals surface area contributed by atoms with Crippen molar-refractivity contribution in [1.29, 1.82) is 0 Å². The summed E-state index contributed by atoms with van der Waals surface area (Å²) in [7, 11) is 1.31. The summed E-state index contributed by atoms with van der Waals surface area (Å²) >= 11 is 18.4. The molecule has 1 N–H and O–H groups in total. The van der Waals surface area contributed by atoms with E-state index in [1.54, 1.807) is 18.2 Å². The number of anilines is 1. The second-order valence-electron chi connectivity index (χ2n) is 6.96. The number of nitrogens with one attached hydrogen (secondary N) is 1. The van der Waals surface area contributed by atoms with Crippen LogP contribution in [0.2, 0.25) is 15.1 Å². The van der Waals surface area contributed by atoms with Crippen molar-refractivity contribution in [2.75, 3.05) is 25.5 Å². The van der Waals surface area contributed by atoms with E-state index in [0.717, 1.165) is 38.0 Å². The minimum absolute atomic E-state index is 0.0990. The van der Waals surface area contributed by atoms with Crippen LogP contribution in [0, 0.1) is 5.92 Å². The molecule has 2 aromatic rings. The smallest absolute Gasteiger partial charge is 0.337 e. The molecule has 1 fully saturated rings. The third-order valence-corrected chi connectivity index (χ3v) is 5.93. The number of hydrogen-bond acceptors (Lipinski definition) is 4. The average Bonchev–Trinajstić information content (AvgIpc) is 2.71. The molecule has 8 heteroatoms. The Morgan fingerprint density at radius 3 is 2.45 bits per heavy atom. The molecule has 0 radical (unpaired) electrons. The quantitative estimate of drug-likeness (QED) is 0.623. The van der Waals surface area contributed by atoms with E-state index in [1.807, 2.05) is 12.1 Å².